The Hall–Kier alpha value is -2.33. The van der Waals surface area contributed by atoms with Crippen LogP contribution in [0, 0.1) is 11.3 Å². The van der Waals surface area contributed by atoms with Crippen molar-refractivity contribution >= 4 is 21.8 Å². The highest BCUT2D eigenvalue weighted by atomic mass is 32.2. The summed E-state index contributed by atoms with van der Waals surface area (Å²) in [4.78, 5) is 12.0. The molecule has 1 fully saturated rings. The molecule has 1 saturated heterocycles. The van der Waals surface area contributed by atoms with Crippen molar-refractivity contribution in [2.45, 2.75) is 12.5 Å². The molecule has 1 atom stereocenters. The molecule has 1 aromatic rings. The zero-order chi connectivity index (χ0) is 15.5. The molecule has 0 unspecified atom stereocenters. The molecule has 0 radical (unpaired) electrons. The smallest absolute Gasteiger partial charge is 0.262 e. The maximum Gasteiger partial charge on any atom is 0.262 e. The van der Waals surface area contributed by atoms with Gasteiger partial charge in [0.2, 0.25) is 0 Å². The van der Waals surface area contributed by atoms with Crippen molar-refractivity contribution in [3.8, 4) is 11.8 Å². The Morgan fingerprint density at radius 2 is 2.05 bits per heavy atom. The third kappa shape index (κ3) is 4.07. The number of phenolic OH excluding ortho intramolecular Hbond substituents is 1. The number of carbonyl (C=O) groups excluding carboxylic acids is 1. The molecule has 0 aromatic heterocycles. The molecular formula is C14H14N2O4S. The van der Waals surface area contributed by atoms with Crippen LogP contribution in [-0.4, -0.2) is 37.0 Å². The van der Waals surface area contributed by atoms with Crippen molar-refractivity contribution in [3.05, 3.63) is 35.4 Å². The molecule has 2 N–H and O–H groups in total. The molecule has 110 valence electrons. The van der Waals surface area contributed by atoms with Gasteiger partial charge in [-0.25, -0.2) is 8.42 Å². The summed E-state index contributed by atoms with van der Waals surface area (Å²) >= 11 is 0. The zero-order valence-corrected chi connectivity index (χ0v) is 11.9. The first-order valence-electron chi connectivity index (χ1n) is 6.32. The van der Waals surface area contributed by atoms with E-state index in [1.165, 1.54) is 18.2 Å². The molecule has 0 spiro atoms. The lowest BCUT2D eigenvalue weighted by Crippen LogP contribution is -2.36. The molecule has 6 nitrogen and oxygen atoms in total. The van der Waals surface area contributed by atoms with Gasteiger partial charge in [0, 0.05) is 6.04 Å². The largest absolute Gasteiger partial charge is 0.508 e. The van der Waals surface area contributed by atoms with E-state index >= 15 is 0 Å². The molecule has 0 bridgehead atoms. The quantitative estimate of drug-likeness (QED) is 0.628. The van der Waals surface area contributed by atoms with Gasteiger partial charge in [0.05, 0.1) is 11.5 Å². The normalized spacial score (nSPS) is 20.7. The van der Waals surface area contributed by atoms with E-state index in [9.17, 15) is 18.3 Å². The topological polar surface area (TPSA) is 107 Å². The van der Waals surface area contributed by atoms with Gasteiger partial charge in [0.15, 0.2) is 9.84 Å². The molecule has 1 aliphatic heterocycles. The molecule has 2 rings (SSSR count). The Morgan fingerprint density at radius 1 is 1.38 bits per heavy atom. The van der Waals surface area contributed by atoms with Crippen LogP contribution in [0.15, 0.2) is 29.8 Å². The molecule has 7 heteroatoms. The predicted octanol–water partition coefficient (Wildman–Crippen LogP) is 0.602. The average Bonchev–Trinajstić information content (AvgIpc) is 2.77. The van der Waals surface area contributed by atoms with Gasteiger partial charge in [0.1, 0.15) is 17.4 Å². The van der Waals surface area contributed by atoms with Crippen LogP contribution in [-0.2, 0) is 14.6 Å². The summed E-state index contributed by atoms with van der Waals surface area (Å²) in [7, 11) is -3.08. The van der Waals surface area contributed by atoms with Crippen molar-refractivity contribution < 1.29 is 18.3 Å². The number of sulfone groups is 1. The molecule has 0 aliphatic carbocycles. The van der Waals surface area contributed by atoms with Gasteiger partial charge in [-0.3, -0.25) is 4.79 Å². The molecule has 1 amide bonds. The Balaban J connectivity index is 2.09. The number of nitrogens with zero attached hydrogens (tertiary/aromatic N) is 1. The van der Waals surface area contributed by atoms with E-state index in [0.29, 0.717) is 12.0 Å². The minimum atomic E-state index is -3.08. The third-order valence-electron chi connectivity index (χ3n) is 3.14. The number of amides is 1. The lowest BCUT2D eigenvalue weighted by Gasteiger charge is -2.09. The van der Waals surface area contributed by atoms with Gasteiger partial charge >= 0.3 is 0 Å². The molecule has 1 aromatic carbocycles. The van der Waals surface area contributed by atoms with Crippen LogP contribution >= 0.6 is 0 Å². The first kappa shape index (κ1) is 15.1. The van der Waals surface area contributed by atoms with Crippen LogP contribution in [0.3, 0.4) is 0 Å². The van der Waals surface area contributed by atoms with E-state index < -0.39 is 21.8 Å². The first-order valence-corrected chi connectivity index (χ1v) is 8.14. The first-order chi connectivity index (χ1) is 9.89. The maximum atomic E-state index is 12.0. The van der Waals surface area contributed by atoms with Crippen molar-refractivity contribution in [1.29, 1.82) is 5.26 Å². The lowest BCUT2D eigenvalue weighted by atomic mass is 10.1. The van der Waals surface area contributed by atoms with E-state index in [-0.39, 0.29) is 22.8 Å². The Morgan fingerprint density at radius 3 is 2.57 bits per heavy atom. The summed E-state index contributed by atoms with van der Waals surface area (Å²) in [5.74, 6) is -0.531. The summed E-state index contributed by atoms with van der Waals surface area (Å²) in [6.45, 7) is 0. The Labute approximate surface area is 122 Å². The average molecular weight is 306 g/mol. The zero-order valence-electron chi connectivity index (χ0n) is 11.1. The highest BCUT2D eigenvalue weighted by Gasteiger charge is 2.29. The standard InChI is InChI=1S/C14H14N2O4S/c15-8-11(7-10-1-3-13(17)4-2-10)14(18)16-12-5-6-21(19,20)9-12/h1-4,7,12,17H,5-6,9H2,(H,16,18)/b11-7+/t12-/m1/s1. The van der Waals surface area contributed by atoms with Gasteiger partial charge in [-0.05, 0) is 30.2 Å². The Bertz CT molecular complexity index is 714. The number of aromatic hydroxyl groups is 1. The van der Waals surface area contributed by atoms with E-state index in [1.54, 1.807) is 18.2 Å². The highest BCUT2D eigenvalue weighted by molar-refractivity contribution is 7.91. The molecule has 1 heterocycles. The number of hydrogen-bond acceptors (Lipinski definition) is 5. The summed E-state index contributed by atoms with van der Waals surface area (Å²) in [5, 5.41) is 20.8. The number of carbonyl (C=O) groups is 1. The summed E-state index contributed by atoms with van der Waals surface area (Å²) in [5.41, 5.74) is 0.489. The number of benzene rings is 1. The molecule has 21 heavy (non-hydrogen) atoms. The van der Waals surface area contributed by atoms with Crippen LogP contribution < -0.4 is 5.32 Å². The monoisotopic (exact) mass is 306 g/mol. The van der Waals surface area contributed by atoms with Crippen molar-refractivity contribution in [1.82, 2.24) is 5.32 Å². The van der Waals surface area contributed by atoms with Crippen LogP contribution in [0.4, 0.5) is 0 Å². The van der Waals surface area contributed by atoms with E-state index in [4.69, 9.17) is 5.26 Å². The van der Waals surface area contributed by atoms with Crippen LogP contribution in [0.1, 0.15) is 12.0 Å². The fourth-order valence-corrected chi connectivity index (χ4v) is 3.73. The highest BCUT2D eigenvalue weighted by Crippen LogP contribution is 2.14. The fraction of sp³-hybridized carbons (Fsp3) is 0.286. The van der Waals surface area contributed by atoms with Crippen molar-refractivity contribution in [2.24, 2.45) is 0 Å². The van der Waals surface area contributed by atoms with Gasteiger partial charge < -0.3 is 10.4 Å². The second kappa shape index (κ2) is 5.97. The lowest BCUT2D eigenvalue weighted by molar-refractivity contribution is -0.117. The third-order valence-corrected chi connectivity index (χ3v) is 4.90. The van der Waals surface area contributed by atoms with E-state index in [0.717, 1.165) is 0 Å². The predicted molar refractivity (Wildman–Crippen MR) is 76.9 cm³/mol. The second-order valence-corrected chi connectivity index (χ2v) is 7.06. The molecule has 1 aliphatic rings. The van der Waals surface area contributed by atoms with E-state index in [2.05, 4.69) is 5.32 Å². The Kier molecular flexibility index (Phi) is 4.29. The number of nitriles is 1. The fourth-order valence-electron chi connectivity index (χ4n) is 2.06. The summed E-state index contributed by atoms with van der Waals surface area (Å²) in [6, 6.07) is 7.38. The number of phenols is 1. The maximum absolute atomic E-state index is 12.0. The molecular weight excluding hydrogens is 292 g/mol. The minimum absolute atomic E-state index is 0.0571. The number of hydrogen-bond donors (Lipinski definition) is 2. The number of nitrogens with one attached hydrogen (secondary N) is 1. The molecule has 0 saturated carbocycles. The summed E-state index contributed by atoms with van der Waals surface area (Å²) < 4.78 is 22.7. The minimum Gasteiger partial charge on any atom is -0.508 e. The van der Waals surface area contributed by atoms with Gasteiger partial charge in [-0.15, -0.1) is 0 Å². The van der Waals surface area contributed by atoms with Crippen LogP contribution in [0.5, 0.6) is 5.75 Å². The van der Waals surface area contributed by atoms with E-state index in [1.807, 2.05) is 0 Å². The van der Waals surface area contributed by atoms with Crippen molar-refractivity contribution in [2.75, 3.05) is 11.5 Å². The number of rotatable bonds is 3. The van der Waals surface area contributed by atoms with Gasteiger partial charge in [-0.2, -0.15) is 5.26 Å². The SMILES string of the molecule is N#C/C(=C\c1ccc(O)cc1)C(=O)N[C@@H]1CCS(=O)(=O)C1. The van der Waals surface area contributed by atoms with Gasteiger partial charge in [-0.1, -0.05) is 12.1 Å². The van der Waals surface area contributed by atoms with Crippen LogP contribution in [0.25, 0.3) is 6.08 Å². The van der Waals surface area contributed by atoms with Crippen LogP contribution in [0.2, 0.25) is 0 Å². The van der Waals surface area contributed by atoms with Crippen molar-refractivity contribution in [3.63, 3.8) is 0 Å². The second-order valence-electron chi connectivity index (χ2n) is 4.83. The van der Waals surface area contributed by atoms with Gasteiger partial charge in [0.25, 0.3) is 5.91 Å². The summed E-state index contributed by atoms with van der Waals surface area (Å²) in [6.07, 6.45) is 1.75.